The van der Waals surface area contributed by atoms with Gasteiger partial charge in [0.05, 0.1) is 5.69 Å². The van der Waals surface area contributed by atoms with E-state index in [4.69, 9.17) is 0 Å². The molecule has 1 heterocycles. The molecule has 2 nitrogen and oxygen atoms in total. The molecule has 0 saturated heterocycles. The van der Waals surface area contributed by atoms with Crippen LogP contribution < -0.4 is 5.32 Å². The van der Waals surface area contributed by atoms with Crippen LogP contribution in [0.2, 0.25) is 0 Å². The monoisotopic (exact) mass is 201 g/mol. The van der Waals surface area contributed by atoms with Crippen LogP contribution in [0.1, 0.15) is 12.5 Å². The highest BCUT2D eigenvalue weighted by molar-refractivity contribution is 6.04. The van der Waals surface area contributed by atoms with Crippen LogP contribution in [0, 0.1) is 11.6 Å². The lowest BCUT2D eigenvalue weighted by atomic mass is 10.00. The Morgan fingerprint density at radius 1 is 1.29 bits per heavy atom. The van der Waals surface area contributed by atoms with Crippen molar-refractivity contribution in [2.45, 2.75) is 12.6 Å². The van der Waals surface area contributed by atoms with Gasteiger partial charge in [-0.3, -0.25) is 4.79 Å². The van der Waals surface area contributed by atoms with Crippen LogP contribution in [0.5, 0.6) is 0 Å². The van der Waals surface area contributed by atoms with Crippen molar-refractivity contribution < 1.29 is 18.0 Å². The minimum atomic E-state index is -2.29. The molecule has 2 rings (SSSR count). The number of anilines is 1. The van der Waals surface area contributed by atoms with Crippen molar-refractivity contribution >= 4 is 11.6 Å². The summed E-state index contributed by atoms with van der Waals surface area (Å²) >= 11 is 0. The molecule has 1 aromatic carbocycles. The Hall–Kier alpha value is -1.52. The zero-order chi connectivity index (χ0) is 10.5. The Morgan fingerprint density at radius 2 is 1.86 bits per heavy atom. The van der Waals surface area contributed by atoms with Gasteiger partial charge in [-0.25, -0.2) is 13.2 Å². The van der Waals surface area contributed by atoms with Gasteiger partial charge in [0.15, 0.2) is 11.6 Å². The fourth-order valence-corrected chi connectivity index (χ4v) is 1.40. The van der Waals surface area contributed by atoms with Gasteiger partial charge in [-0.15, -0.1) is 0 Å². The third kappa shape index (κ3) is 1.01. The Morgan fingerprint density at radius 3 is 2.50 bits per heavy atom. The summed E-state index contributed by atoms with van der Waals surface area (Å²) < 4.78 is 39.1. The summed E-state index contributed by atoms with van der Waals surface area (Å²) in [5.41, 5.74) is -2.47. The molecule has 1 aliphatic rings. The average molecular weight is 201 g/mol. The topological polar surface area (TPSA) is 29.1 Å². The number of carbonyl (C=O) groups is 1. The van der Waals surface area contributed by atoms with Gasteiger partial charge in [0.2, 0.25) is 5.67 Å². The average Bonchev–Trinajstić information content (AvgIpc) is 2.28. The van der Waals surface area contributed by atoms with E-state index in [1.807, 2.05) is 0 Å². The van der Waals surface area contributed by atoms with E-state index >= 15 is 0 Å². The zero-order valence-electron chi connectivity index (χ0n) is 7.20. The van der Waals surface area contributed by atoms with Gasteiger partial charge in [0.1, 0.15) is 0 Å². The lowest BCUT2D eigenvalue weighted by Crippen LogP contribution is -2.25. The molecule has 0 saturated carbocycles. The third-order valence-corrected chi connectivity index (χ3v) is 2.24. The van der Waals surface area contributed by atoms with Crippen molar-refractivity contribution in [3.63, 3.8) is 0 Å². The highest BCUT2D eigenvalue weighted by Gasteiger charge is 2.43. The SMILES string of the molecule is CC1(F)C(=O)Nc2cc(F)c(F)cc21. The third-order valence-electron chi connectivity index (χ3n) is 2.24. The first-order valence-electron chi connectivity index (χ1n) is 3.93. The number of fused-ring (bicyclic) bond motifs is 1. The van der Waals surface area contributed by atoms with Gasteiger partial charge in [-0.2, -0.15) is 0 Å². The minimum absolute atomic E-state index is 0.0149. The number of rotatable bonds is 0. The maximum atomic E-state index is 13.6. The van der Waals surface area contributed by atoms with Crippen LogP contribution in [0.25, 0.3) is 0 Å². The second-order valence-corrected chi connectivity index (χ2v) is 3.27. The predicted molar refractivity (Wildman–Crippen MR) is 43.4 cm³/mol. The van der Waals surface area contributed by atoms with E-state index in [-0.39, 0.29) is 11.3 Å². The summed E-state index contributed by atoms with van der Waals surface area (Å²) in [7, 11) is 0. The summed E-state index contributed by atoms with van der Waals surface area (Å²) in [6.45, 7) is 1.01. The quantitative estimate of drug-likeness (QED) is 0.684. The van der Waals surface area contributed by atoms with Gasteiger partial charge in [-0.1, -0.05) is 0 Å². The van der Waals surface area contributed by atoms with Gasteiger partial charge in [-0.05, 0) is 13.0 Å². The highest BCUT2D eigenvalue weighted by atomic mass is 19.2. The first-order chi connectivity index (χ1) is 6.43. The lowest BCUT2D eigenvalue weighted by Gasteiger charge is -2.09. The van der Waals surface area contributed by atoms with Gasteiger partial charge in [0, 0.05) is 11.6 Å². The summed E-state index contributed by atoms with van der Waals surface area (Å²) in [6.07, 6.45) is 0. The molecule has 0 aromatic heterocycles. The lowest BCUT2D eigenvalue weighted by molar-refractivity contribution is -0.125. The minimum Gasteiger partial charge on any atom is -0.323 e. The molecule has 5 heteroatoms. The van der Waals surface area contributed by atoms with E-state index < -0.39 is 23.2 Å². The van der Waals surface area contributed by atoms with Crippen LogP contribution in [0.15, 0.2) is 12.1 Å². The van der Waals surface area contributed by atoms with E-state index in [0.717, 1.165) is 13.0 Å². The van der Waals surface area contributed by atoms with E-state index in [1.54, 1.807) is 0 Å². The van der Waals surface area contributed by atoms with Crippen LogP contribution in [0.4, 0.5) is 18.9 Å². The van der Waals surface area contributed by atoms with E-state index in [9.17, 15) is 18.0 Å². The number of benzene rings is 1. The summed E-state index contributed by atoms with van der Waals surface area (Å²) in [4.78, 5) is 11.0. The molecule has 1 aliphatic heterocycles. The number of amides is 1. The van der Waals surface area contributed by atoms with E-state index in [1.165, 1.54) is 0 Å². The number of hydrogen-bond acceptors (Lipinski definition) is 1. The fourth-order valence-electron chi connectivity index (χ4n) is 1.40. The molecule has 1 atom stereocenters. The van der Waals surface area contributed by atoms with Crippen molar-refractivity contribution in [1.82, 2.24) is 0 Å². The second kappa shape index (κ2) is 2.50. The number of nitrogens with one attached hydrogen (secondary N) is 1. The van der Waals surface area contributed by atoms with Crippen molar-refractivity contribution in [2.24, 2.45) is 0 Å². The molecule has 74 valence electrons. The van der Waals surface area contributed by atoms with E-state index in [0.29, 0.717) is 6.07 Å². The molecule has 0 bridgehead atoms. The Labute approximate surface area is 77.7 Å². The zero-order valence-corrected chi connectivity index (χ0v) is 7.20. The van der Waals surface area contributed by atoms with Crippen LogP contribution >= 0.6 is 0 Å². The van der Waals surface area contributed by atoms with Gasteiger partial charge < -0.3 is 5.32 Å². The maximum absolute atomic E-state index is 13.6. The molecular formula is C9H6F3NO. The molecular weight excluding hydrogens is 195 g/mol. The maximum Gasteiger partial charge on any atom is 0.266 e. The van der Waals surface area contributed by atoms with Gasteiger partial charge >= 0.3 is 0 Å². The molecule has 1 unspecified atom stereocenters. The van der Waals surface area contributed by atoms with Crippen LogP contribution in [0.3, 0.4) is 0 Å². The summed E-state index contributed by atoms with van der Waals surface area (Å²) in [5, 5.41) is 2.14. The number of halogens is 3. The second-order valence-electron chi connectivity index (χ2n) is 3.27. The highest BCUT2D eigenvalue weighted by Crippen LogP contribution is 2.39. The molecule has 1 N–H and O–H groups in total. The van der Waals surface area contributed by atoms with Crippen molar-refractivity contribution in [3.05, 3.63) is 29.3 Å². The van der Waals surface area contributed by atoms with Crippen LogP contribution in [-0.2, 0) is 10.5 Å². The molecule has 14 heavy (non-hydrogen) atoms. The molecule has 1 amide bonds. The Balaban J connectivity index is 2.67. The smallest absolute Gasteiger partial charge is 0.266 e. The Bertz CT molecular complexity index is 428. The first kappa shape index (κ1) is 9.05. The number of carbonyl (C=O) groups excluding carboxylic acids is 1. The molecule has 0 aliphatic carbocycles. The molecule has 0 spiro atoms. The summed E-state index contributed by atoms with van der Waals surface area (Å²) in [6, 6.07) is 1.47. The number of hydrogen-bond donors (Lipinski definition) is 1. The van der Waals surface area contributed by atoms with Crippen LogP contribution in [-0.4, -0.2) is 5.91 Å². The normalized spacial score (nSPS) is 24.7. The standard InChI is InChI=1S/C9H6F3NO/c1-9(12)4-2-5(10)6(11)3-7(4)13-8(9)14/h2-3H,1H3,(H,13,14). The summed E-state index contributed by atoms with van der Waals surface area (Å²) in [5.74, 6) is -3.18. The molecule has 0 fully saturated rings. The van der Waals surface area contributed by atoms with Gasteiger partial charge in [0.25, 0.3) is 5.91 Å². The fraction of sp³-hybridized carbons (Fsp3) is 0.222. The molecule has 1 aromatic rings. The first-order valence-corrected chi connectivity index (χ1v) is 3.93. The van der Waals surface area contributed by atoms with Crippen molar-refractivity contribution in [3.8, 4) is 0 Å². The van der Waals surface area contributed by atoms with E-state index in [2.05, 4.69) is 5.32 Å². The largest absolute Gasteiger partial charge is 0.323 e. The molecule has 0 radical (unpaired) electrons. The number of alkyl halides is 1. The van der Waals surface area contributed by atoms with Crippen molar-refractivity contribution in [1.29, 1.82) is 0 Å². The Kier molecular flexibility index (Phi) is 1.61. The van der Waals surface area contributed by atoms with Crippen molar-refractivity contribution in [2.75, 3.05) is 5.32 Å². The predicted octanol–water partition coefficient (Wildman–Crippen LogP) is 2.10.